The van der Waals surface area contributed by atoms with Crippen LogP contribution in [0.5, 0.6) is 0 Å². The van der Waals surface area contributed by atoms with Crippen LogP contribution in [0.15, 0.2) is 30.3 Å². The standard InChI is InChI=1S/C13H14N6O4/c14-12(22)18(16)9-5-8(11(20)21)10(19(17)13(15)23)7-4-2-1-3-6(7)9/h1-5H,16-17H2,(H2,14,22)(H2,15,23)(H,20,21). The highest BCUT2D eigenvalue weighted by Gasteiger charge is 2.24. The Balaban J connectivity index is 2.94. The SMILES string of the molecule is NC(=O)N(N)c1cc(C(=O)O)c(N(N)C(N)=O)c2ccccc12. The summed E-state index contributed by atoms with van der Waals surface area (Å²) in [5.41, 5.74) is 9.83. The maximum absolute atomic E-state index is 11.5. The molecule has 120 valence electrons. The zero-order valence-electron chi connectivity index (χ0n) is 11.8. The smallest absolute Gasteiger partial charge is 0.337 e. The fourth-order valence-electron chi connectivity index (χ4n) is 2.19. The first-order valence-corrected chi connectivity index (χ1v) is 6.23. The molecule has 2 aromatic rings. The van der Waals surface area contributed by atoms with Gasteiger partial charge in [0.25, 0.3) is 0 Å². The van der Waals surface area contributed by atoms with Gasteiger partial charge in [-0.25, -0.2) is 36.1 Å². The number of carboxylic acids is 1. The van der Waals surface area contributed by atoms with E-state index >= 15 is 0 Å². The van der Waals surface area contributed by atoms with Crippen LogP contribution >= 0.6 is 0 Å². The molecule has 0 saturated heterocycles. The molecule has 0 fully saturated rings. The zero-order chi connectivity index (χ0) is 17.3. The molecular weight excluding hydrogens is 304 g/mol. The first-order valence-electron chi connectivity index (χ1n) is 6.23. The summed E-state index contributed by atoms with van der Waals surface area (Å²) >= 11 is 0. The van der Waals surface area contributed by atoms with Gasteiger partial charge in [0, 0.05) is 10.8 Å². The van der Waals surface area contributed by atoms with Gasteiger partial charge in [0.15, 0.2) is 0 Å². The molecule has 2 rings (SSSR count). The lowest BCUT2D eigenvalue weighted by atomic mass is 10.0. The van der Waals surface area contributed by atoms with E-state index in [0.29, 0.717) is 15.4 Å². The van der Waals surface area contributed by atoms with E-state index < -0.39 is 18.0 Å². The number of benzene rings is 2. The van der Waals surface area contributed by atoms with Crippen LogP contribution in [0.25, 0.3) is 10.8 Å². The number of primary amides is 2. The van der Waals surface area contributed by atoms with Crippen molar-refractivity contribution in [3.05, 3.63) is 35.9 Å². The van der Waals surface area contributed by atoms with Crippen molar-refractivity contribution in [1.82, 2.24) is 0 Å². The number of rotatable bonds is 3. The lowest BCUT2D eigenvalue weighted by molar-refractivity contribution is 0.0698. The van der Waals surface area contributed by atoms with Crippen LogP contribution in [-0.4, -0.2) is 23.1 Å². The lowest BCUT2D eigenvalue weighted by Gasteiger charge is -2.23. The van der Waals surface area contributed by atoms with Crippen molar-refractivity contribution < 1.29 is 19.5 Å². The molecule has 0 spiro atoms. The van der Waals surface area contributed by atoms with Crippen LogP contribution in [0.4, 0.5) is 21.0 Å². The van der Waals surface area contributed by atoms with E-state index in [1.54, 1.807) is 18.2 Å². The molecule has 0 atom stereocenters. The van der Waals surface area contributed by atoms with E-state index in [-0.39, 0.29) is 22.3 Å². The van der Waals surface area contributed by atoms with E-state index in [0.717, 1.165) is 6.07 Å². The highest BCUT2D eigenvalue weighted by atomic mass is 16.4. The van der Waals surface area contributed by atoms with Gasteiger partial charge < -0.3 is 16.6 Å². The predicted molar refractivity (Wildman–Crippen MR) is 83.4 cm³/mol. The summed E-state index contributed by atoms with van der Waals surface area (Å²) in [6, 6.07) is 5.36. The van der Waals surface area contributed by atoms with E-state index in [1.807, 2.05) is 0 Å². The Morgan fingerprint density at radius 2 is 1.43 bits per heavy atom. The van der Waals surface area contributed by atoms with Crippen molar-refractivity contribution >= 4 is 40.2 Å². The van der Waals surface area contributed by atoms with Crippen molar-refractivity contribution in [2.24, 2.45) is 23.2 Å². The summed E-state index contributed by atoms with van der Waals surface area (Å²) in [6.07, 6.45) is 0. The van der Waals surface area contributed by atoms with Crippen LogP contribution in [-0.2, 0) is 0 Å². The number of anilines is 2. The molecule has 4 amide bonds. The fraction of sp³-hybridized carbons (Fsp3) is 0. The highest BCUT2D eigenvalue weighted by molar-refractivity contribution is 6.16. The second-order valence-corrected chi connectivity index (χ2v) is 4.56. The van der Waals surface area contributed by atoms with Crippen molar-refractivity contribution in [1.29, 1.82) is 0 Å². The van der Waals surface area contributed by atoms with Crippen LogP contribution in [0.3, 0.4) is 0 Å². The Morgan fingerprint density at radius 3 is 1.91 bits per heavy atom. The molecule has 0 bridgehead atoms. The predicted octanol–water partition coefficient (Wildman–Crippen LogP) is 0.0556. The van der Waals surface area contributed by atoms with Crippen molar-refractivity contribution in [3.8, 4) is 0 Å². The quantitative estimate of drug-likeness (QED) is 0.302. The number of aromatic carboxylic acids is 1. The Labute approximate surface area is 129 Å². The average molecular weight is 318 g/mol. The molecule has 9 N–H and O–H groups in total. The van der Waals surface area contributed by atoms with Crippen LogP contribution in [0, 0.1) is 0 Å². The van der Waals surface area contributed by atoms with Crippen molar-refractivity contribution in [2.45, 2.75) is 0 Å². The summed E-state index contributed by atoms with van der Waals surface area (Å²) in [5.74, 6) is 9.79. The Kier molecular flexibility index (Phi) is 4.03. The van der Waals surface area contributed by atoms with Gasteiger partial charge in [-0.05, 0) is 6.07 Å². The first-order chi connectivity index (χ1) is 10.8. The molecule has 0 aliphatic rings. The minimum atomic E-state index is -1.39. The van der Waals surface area contributed by atoms with E-state index in [9.17, 15) is 19.5 Å². The summed E-state index contributed by atoms with van der Waals surface area (Å²) in [5, 5.41) is 11.1. The third-order valence-corrected chi connectivity index (χ3v) is 3.20. The van der Waals surface area contributed by atoms with Crippen LogP contribution in [0.1, 0.15) is 10.4 Å². The van der Waals surface area contributed by atoms with Crippen LogP contribution in [0.2, 0.25) is 0 Å². The second kappa shape index (κ2) is 5.79. The number of carbonyl (C=O) groups excluding carboxylic acids is 2. The van der Waals surface area contributed by atoms with Gasteiger partial charge >= 0.3 is 18.0 Å². The monoisotopic (exact) mass is 318 g/mol. The minimum absolute atomic E-state index is 0.0483. The third-order valence-electron chi connectivity index (χ3n) is 3.20. The molecule has 10 heteroatoms. The van der Waals surface area contributed by atoms with Crippen molar-refractivity contribution in [2.75, 3.05) is 10.0 Å². The van der Waals surface area contributed by atoms with Gasteiger partial charge in [0.2, 0.25) is 0 Å². The molecule has 0 aliphatic heterocycles. The molecule has 0 aromatic heterocycles. The second-order valence-electron chi connectivity index (χ2n) is 4.56. The highest BCUT2D eigenvalue weighted by Crippen LogP contribution is 2.36. The number of hydrazine groups is 2. The number of nitrogens with two attached hydrogens (primary N) is 4. The zero-order valence-corrected chi connectivity index (χ0v) is 11.8. The number of carbonyl (C=O) groups is 3. The number of hydrogen-bond donors (Lipinski definition) is 5. The Morgan fingerprint density at radius 1 is 0.913 bits per heavy atom. The minimum Gasteiger partial charge on any atom is -0.478 e. The molecule has 0 aliphatic carbocycles. The van der Waals surface area contributed by atoms with Crippen molar-refractivity contribution in [3.63, 3.8) is 0 Å². The summed E-state index contributed by atoms with van der Waals surface area (Å²) < 4.78 is 0. The molecular formula is C13H14N6O4. The van der Waals surface area contributed by atoms with Gasteiger partial charge in [-0.15, -0.1) is 0 Å². The molecule has 0 saturated carbocycles. The summed E-state index contributed by atoms with van der Waals surface area (Å²) in [6.45, 7) is 0. The number of nitrogens with zero attached hydrogens (tertiary/aromatic N) is 2. The summed E-state index contributed by atoms with van der Waals surface area (Å²) in [7, 11) is 0. The lowest BCUT2D eigenvalue weighted by Crippen LogP contribution is -2.43. The normalized spacial score (nSPS) is 10.3. The maximum Gasteiger partial charge on any atom is 0.337 e. The Bertz CT molecular complexity index is 821. The third kappa shape index (κ3) is 2.71. The number of urea groups is 2. The molecule has 0 heterocycles. The van der Waals surface area contributed by atoms with Crippen LogP contribution < -0.4 is 33.2 Å². The largest absolute Gasteiger partial charge is 0.478 e. The fourth-order valence-corrected chi connectivity index (χ4v) is 2.19. The molecule has 0 radical (unpaired) electrons. The molecule has 23 heavy (non-hydrogen) atoms. The first kappa shape index (κ1) is 16.0. The van der Waals surface area contributed by atoms with Gasteiger partial charge in [0.05, 0.1) is 16.9 Å². The molecule has 2 aromatic carbocycles. The summed E-state index contributed by atoms with van der Waals surface area (Å²) in [4.78, 5) is 34.2. The average Bonchev–Trinajstić information content (AvgIpc) is 2.51. The van der Waals surface area contributed by atoms with Gasteiger partial charge in [-0.2, -0.15) is 0 Å². The maximum atomic E-state index is 11.5. The number of amides is 4. The van der Waals surface area contributed by atoms with Gasteiger partial charge in [-0.1, -0.05) is 24.3 Å². The van der Waals surface area contributed by atoms with E-state index in [2.05, 4.69) is 0 Å². The topological polar surface area (TPSA) is 182 Å². The van der Waals surface area contributed by atoms with Gasteiger partial charge in [0.1, 0.15) is 0 Å². The Hall–Kier alpha value is -3.37. The number of carboxylic acid groups (broad SMARTS) is 1. The number of fused-ring (bicyclic) bond motifs is 1. The van der Waals surface area contributed by atoms with E-state index in [1.165, 1.54) is 6.07 Å². The van der Waals surface area contributed by atoms with E-state index in [4.69, 9.17) is 23.2 Å². The molecule has 0 unspecified atom stereocenters. The molecule has 10 nitrogen and oxygen atoms in total. The number of hydrogen-bond acceptors (Lipinski definition) is 5. The van der Waals surface area contributed by atoms with Gasteiger partial charge in [-0.3, -0.25) is 0 Å².